The Kier molecular flexibility index (Phi) is 2.77. The summed E-state index contributed by atoms with van der Waals surface area (Å²) in [5, 5.41) is 14.1. The molecule has 0 saturated heterocycles. The Morgan fingerprint density at radius 2 is 1.88 bits per heavy atom. The van der Waals surface area contributed by atoms with Crippen LogP contribution >= 0.6 is 0 Å². The minimum atomic E-state index is -0.891. The first-order valence-corrected chi connectivity index (χ1v) is 5.21. The number of carboxylic acids is 1. The lowest BCUT2D eigenvalue weighted by atomic mass is 10.1. The Bertz CT molecular complexity index is 534. The van der Waals surface area contributed by atoms with E-state index in [0.717, 1.165) is 23.0 Å². The molecule has 0 radical (unpaired) electrons. The minimum Gasteiger partial charge on any atom is -0.478 e. The van der Waals surface area contributed by atoms with Crippen LogP contribution in [0.2, 0.25) is 0 Å². The van der Waals surface area contributed by atoms with Crippen molar-refractivity contribution in [2.75, 3.05) is 11.9 Å². The van der Waals surface area contributed by atoms with Gasteiger partial charge in [-0.25, -0.2) is 4.79 Å². The highest BCUT2D eigenvalue weighted by atomic mass is 16.4. The average molecular weight is 215 g/mol. The number of fused-ring (bicyclic) bond motifs is 1. The number of hydrogen-bond donors (Lipinski definition) is 2. The van der Waals surface area contributed by atoms with E-state index in [1.807, 2.05) is 31.2 Å². The number of nitrogens with one attached hydrogen (secondary N) is 1. The number of carbonyl (C=O) groups is 1. The molecule has 0 saturated carbocycles. The van der Waals surface area contributed by atoms with E-state index in [4.69, 9.17) is 5.11 Å². The third-order valence-corrected chi connectivity index (χ3v) is 2.47. The van der Waals surface area contributed by atoms with Gasteiger partial charge in [0.05, 0.1) is 5.56 Å². The van der Waals surface area contributed by atoms with Crippen LogP contribution in [0.1, 0.15) is 17.3 Å². The summed E-state index contributed by atoms with van der Waals surface area (Å²) in [6, 6.07) is 11.1. The molecule has 16 heavy (non-hydrogen) atoms. The van der Waals surface area contributed by atoms with Gasteiger partial charge in [0, 0.05) is 12.2 Å². The molecular weight excluding hydrogens is 202 g/mol. The first-order chi connectivity index (χ1) is 7.70. The Morgan fingerprint density at radius 1 is 1.19 bits per heavy atom. The van der Waals surface area contributed by atoms with E-state index in [2.05, 4.69) is 5.32 Å². The van der Waals surface area contributed by atoms with Gasteiger partial charge in [-0.1, -0.05) is 12.1 Å². The van der Waals surface area contributed by atoms with E-state index in [9.17, 15) is 4.79 Å². The highest BCUT2D eigenvalue weighted by molar-refractivity contribution is 5.95. The van der Waals surface area contributed by atoms with Gasteiger partial charge in [0.2, 0.25) is 0 Å². The molecule has 0 amide bonds. The molecule has 3 nitrogen and oxygen atoms in total. The smallest absolute Gasteiger partial charge is 0.335 e. The molecular formula is C13H13NO2. The molecule has 2 rings (SSSR count). The molecule has 2 N–H and O–H groups in total. The summed E-state index contributed by atoms with van der Waals surface area (Å²) in [7, 11) is 0. The molecule has 0 aliphatic carbocycles. The molecule has 82 valence electrons. The minimum absolute atomic E-state index is 0.323. The Hall–Kier alpha value is -2.03. The lowest BCUT2D eigenvalue weighted by Crippen LogP contribution is -1.97. The Labute approximate surface area is 93.7 Å². The fraction of sp³-hybridized carbons (Fsp3) is 0.154. The van der Waals surface area contributed by atoms with Crippen LogP contribution in [0.25, 0.3) is 10.8 Å². The molecule has 0 fully saturated rings. The van der Waals surface area contributed by atoms with Crippen LogP contribution in [-0.2, 0) is 0 Å². The van der Waals surface area contributed by atoms with Crippen LogP contribution in [0, 0.1) is 0 Å². The number of rotatable bonds is 3. The summed E-state index contributed by atoms with van der Waals surface area (Å²) in [4.78, 5) is 10.8. The maximum atomic E-state index is 10.8. The first kappa shape index (κ1) is 10.5. The van der Waals surface area contributed by atoms with E-state index in [1.165, 1.54) is 0 Å². The van der Waals surface area contributed by atoms with Crippen molar-refractivity contribution in [2.45, 2.75) is 6.92 Å². The van der Waals surface area contributed by atoms with E-state index < -0.39 is 5.97 Å². The SMILES string of the molecule is CCNc1ccc2cc(C(=O)O)ccc2c1. The van der Waals surface area contributed by atoms with Crippen molar-refractivity contribution < 1.29 is 9.90 Å². The van der Waals surface area contributed by atoms with Crippen LogP contribution in [-0.4, -0.2) is 17.6 Å². The van der Waals surface area contributed by atoms with Gasteiger partial charge in [-0.3, -0.25) is 0 Å². The number of benzene rings is 2. The number of anilines is 1. The normalized spacial score (nSPS) is 10.3. The summed E-state index contributed by atoms with van der Waals surface area (Å²) in [5.41, 5.74) is 1.38. The maximum Gasteiger partial charge on any atom is 0.335 e. The lowest BCUT2D eigenvalue weighted by Gasteiger charge is -2.05. The third kappa shape index (κ3) is 1.98. The fourth-order valence-electron chi connectivity index (χ4n) is 1.69. The number of hydrogen-bond acceptors (Lipinski definition) is 2. The van der Waals surface area contributed by atoms with Crippen molar-refractivity contribution in [1.82, 2.24) is 0 Å². The molecule has 0 heterocycles. The highest BCUT2D eigenvalue weighted by Crippen LogP contribution is 2.20. The molecule has 0 aromatic heterocycles. The molecule has 0 spiro atoms. The van der Waals surface area contributed by atoms with Crippen LogP contribution in [0.5, 0.6) is 0 Å². The quantitative estimate of drug-likeness (QED) is 0.827. The molecule has 3 heteroatoms. The summed E-state index contributed by atoms with van der Waals surface area (Å²) in [6.45, 7) is 2.91. The lowest BCUT2D eigenvalue weighted by molar-refractivity contribution is 0.0697. The van der Waals surface area contributed by atoms with Gasteiger partial charge >= 0.3 is 5.97 Å². The van der Waals surface area contributed by atoms with Crippen molar-refractivity contribution in [2.24, 2.45) is 0 Å². The predicted octanol–water partition coefficient (Wildman–Crippen LogP) is 2.97. The van der Waals surface area contributed by atoms with Crippen LogP contribution in [0.15, 0.2) is 36.4 Å². The van der Waals surface area contributed by atoms with Gasteiger partial charge < -0.3 is 10.4 Å². The highest BCUT2D eigenvalue weighted by Gasteiger charge is 2.03. The maximum absolute atomic E-state index is 10.8. The van der Waals surface area contributed by atoms with Gasteiger partial charge in [-0.15, -0.1) is 0 Å². The number of aromatic carboxylic acids is 1. The van der Waals surface area contributed by atoms with Crippen molar-refractivity contribution in [1.29, 1.82) is 0 Å². The average Bonchev–Trinajstić information content (AvgIpc) is 2.28. The predicted molar refractivity (Wildman–Crippen MR) is 65.1 cm³/mol. The van der Waals surface area contributed by atoms with Crippen LogP contribution < -0.4 is 5.32 Å². The fourth-order valence-corrected chi connectivity index (χ4v) is 1.69. The topological polar surface area (TPSA) is 49.3 Å². The van der Waals surface area contributed by atoms with Crippen molar-refractivity contribution in [3.63, 3.8) is 0 Å². The van der Waals surface area contributed by atoms with Crippen LogP contribution in [0.4, 0.5) is 5.69 Å². The summed E-state index contributed by atoms with van der Waals surface area (Å²) < 4.78 is 0. The Morgan fingerprint density at radius 3 is 2.56 bits per heavy atom. The molecule has 0 aliphatic rings. The zero-order valence-electron chi connectivity index (χ0n) is 9.03. The first-order valence-electron chi connectivity index (χ1n) is 5.21. The Balaban J connectivity index is 2.48. The van der Waals surface area contributed by atoms with Crippen molar-refractivity contribution in [3.8, 4) is 0 Å². The monoisotopic (exact) mass is 215 g/mol. The van der Waals surface area contributed by atoms with E-state index in [1.54, 1.807) is 12.1 Å². The summed E-state index contributed by atoms with van der Waals surface area (Å²) in [5.74, 6) is -0.891. The second-order valence-electron chi connectivity index (χ2n) is 3.61. The molecule has 0 aliphatic heterocycles. The zero-order valence-corrected chi connectivity index (χ0v) is 9.03. The summed E-state index contributed by atoms with van der Waals surface area (Å²) >= 11 is 0. The molecule has 0 atom stereocenters. The third-order valence-electron chi connectivity index (χ3n) is 2.47. The number of carboxylic acid groups (broad SMARTS) is 1. The molecule has 2 aromatic carbocycles. The van der Waals surface area contributed by atoms with Crippen molar-refractivity contribution >= 4 is 22.4 Å². The van der Waals surface area contributed by atoms with Crippen LogP contribution in [0.3, 0.4) is 0 Å². The molecule has 2 aromatic rings. The molecule has 0 bridgehead atoms. The second-order valence-corrected chi connectivity index (χ2v) is 3.61. The van der Waals surface area contributed by atoms with E-state index in [-0.39, 0.29) is 0 Å². The van der Waals surface area contributed by atoms with E-state index in [0.29, 0.717) is 5.56 Å². The zero-order chi connectivity index (χ0) is 11.5. The van der Waals surface area contributed by atoms with Gasteiger partial charge in [0.15, 0.2) is 0 Å². The summed E-state index contributed by atoms with van der Waals surface area (Å²) in [6.07, 6.45) is 0. The van der Waals surface area contributed by atoms with Crippen molar-refractivity contribution in [3.05, 3.63) is 42.0 Å². The molecule has 0 unspecified atom stereocenters. The second kappa shape index (κ2) is 4.23. The standard InChI is InChI=1S/C13H13NO2/c1-2-14-12-6-5-9-7-11(13(15)16)4-3-10(9)8-12/h3-8,14H,2H2,1H3,(H,15,16). The van der Waals surface area contributed by atoms with Gasteiger partial charge in [-0.05, 0) is 42.0 Å². The van der Waals surface area contributed by atoms with E-state index >= 15 is 0 Å². The largest absolute Gasteiger partial charge is 0.478 e. The van der Waals surface area contributed by atoms with Gasteiger partial charge in [0.1, 0.15) is 0 Å². The van der Waals surface area contributed by atoms with Gasteiger partial charge in [-0.2, -0.15) is 0 Å². The van der Waals surface area contributed by atoms with Gasteiger partial charge in [0.25, 0.3) is 0 Å².